The zero-order valence-electron chi connectivity index (χ0n) is 18.9. The van der Waals surface area contributed by atoms with Crippen molar-refractivity contribution in [2.24, 2.45) is 5.73 Å². The van der Waals surface area contributed by atoms with Crippen molar-refractivity contribution < 1.29 is 23.2 Å². The predicted octanol–water partition coefficient (Wildman–Crippen LogP) is 3.68. The first-order valence-electron chi connectivity index (χ1n) is 10.9. The molecule has 0 saturated carbocycles. The van der Waals surface area contributed by atoms with Gasteiger partial charge in [0.1, 0.15) is 17.5 Å². The Morgan fingerprint density at radius 1 is 1.20 bits per heavy atom. The largest absolute Gasteiger partial charge is 0.350 e. The molecule has 2 atom stereocenters. The topological polar surface area (TPSA) is 109 Å². The summed E-state index contributed by atoms with van der Waals surface area (Å²) in [6, 6.07) is 9.47. The van der Waals surface area contributed by atoms with Crippen LogP contribution in [0.3, 0.4) is 0 Å². The Morgan fingerprint density at radius 3 is 2.66 bits per heavy atom. The highest BCUT2D eigenvalue weighted by Crippen LogP contribution is 2.32. The van der Waals surface area contributed by atoms with Gasteiger partial charge >= 0.3 is 6.03 Å². The van der Waals surface area contributed by atoms with E-state index >= 15 is 4.39 Å². The number of aromatic nitrogens is 1. The lowest BCUT2D eigenvalue weighted by Gasteiger charge is -2.24. The number of para-hydroxylation sites is 1. The van der Waals surface area contributed by atoms with E-state index in [1.165, 1.54) is 29.8 Å². The maximum absolute atomic E-state index is 15.2. The third-order valence-electron chi connectivity index (χ3n) is 6.10. The lowest BCUT2D eigenvalue weighted by atomic mass is 10.0. The third kappa shape index (κ3) is 4.85. The van der Waals surface area contributed by atoms with E-state index in [0.29, 0.717) is 16.6 Å². The molecule has 3 aromatic rings. The van der Waals surface area contributed by atoms with Crippen molar-refractivity contribution in [2.45, 2.75) is 31.6 Å². The first-order valence-corrected chi connectivity index (χ1v) is 11.3. The van der Waals surface area contributed by atoms with Gasteiger partial charge in [-0.25, -0.2) is 13.6 Å². The van der Waals surface area contributed by atoms with E-state index in [0.717, 1.165) is 4.90 Å². The van der Waals surface area contributed by atoms with Crippen LogP contribution in [0.2, 0.25) is 5.02 Å². The van der Waals surface area contributed by atoms with E-state index in [1.54, 1.807) is 30.3 Å². The quantitative estimate of drug-likeness (QED) is 0.493. The number of alkyl halides is 1. The number of urea groups is 1. The van der Waals surface area contributed by atoms with Crippen molar-refractivity contribution in [2.75, 3.05) is 18.4 Å². The number of carbonyl (C=O) groups excluding carboxylic acids is 3. The van der Waals surface area contributed by atoms with Crippen molar-refractivity contribution in [1.29, 1.82) is 0 Å². The van der Waals surface area contributed by atoms with Crippen molar-refractivity contribution >= 4 is 46.0 Å². The van der Waals surface area contributed by atoms with Gasteiger partial charge in [0.2, 0.25) is 11.8 Å². The molecule has 2 aromatic carbocycles. The third-order valence-corrected chi connectivity index (χ3v) is 6.39. The van der Waals surface area contributed by atoms with Crippen LogP contribution in [-0.2, 0) is 11.3 Å². The molecule has 0 bridgehead atoms. The van der Waals surface area contributed by atoms with E-state index in [-0.39, 0.29) is 36.0 Å². The number of rotatable bonds is 5. The number of nitrogens with zero attached hydrogens (tertiary/aromatic N) is 2. The first-order chi connectivity index (χ1) is 16.6. The molecule has 3 amide bonds. The monoisotopic (exact) mass is 503 g/mol. The van der Waals surface area contributed by atoms with Gasteiger partial charge in [-0.15, -0.1) is 0 Å². The van der Waals surface area contributed by atoms with Gasteiger partial charge in [-0.05, 0) is 12.1 Å². The minimum absolute atomic E-state index is 0.0887. The van der Waals surface area contributed by atoms with Gasteiger partial charge in [-0.3, -0.25) is 14.2 Å². The Hall–Kier alpha value is -3.50. The molecule has 1 aromatic heterocycles. The van der Waals surface area contributed by atoms with E-state index in [9.17, 15) is 18.8 Å². The summed E-state index contributed by atoms with van der Waals surface area (Å²) in [5.74, 6) is -1.57. The molecule has 0 aliphatic carbocycles. The van der Waals surface area contributed by atoms with E-state index in [1.807, 2.05) is 0 Å². The molecule has 1 aliphatic heterocycles. The number of anilines is 1. The highest BCUT2D eigenvalue weighted by atomic mass is 35.5. The van der Waals surface area contributed by atoms with Crippen molar-refractivity contribution in [1.82, 2.24) is 14.8 Å². The summed E-state index contributed by atoms with van der Waals surface area (Å²) in [5, 5.41) is 5.76. The van der Waals surface area contributed by atoms with Crippen LogP contribution in [0.25, 0.3) is 10.9 Å². The number of likely N-dealkylation sites (tertiary alicyclic amines) is 1. The second-order valence-electron chi connectivity index (χ2n) is 8.51. The van der Waals surface area contributed by atoms with Crippen molar-refractivity contribution in [3.8, 4) is 0 Å². The average Bonchev–Trinajstić information content (AvgIpc) is 3.39. The molecular formula is C24H24ClF2N5O3. The van der Waals surface area contributed by atoms with Crippen LogP contribution in [-0.4, -0.2) is 52.1 Å². The summed E-state index contributed by atoms with van der Waals surface area (Å²) in [6.45, 7) is 0.420. The summed E-state index contributed by atoms with van der Waals surface area (Å²) in [6.07, 6.45) is 1.17. The minimum Gasteiger partial charge on any atom is -0.350 e. The van der Waals surface area contributed by atoms with Crippen LogP contribution < -0.4 is 16.4 Å². The van der Waals surface area contributed by atoms with Crippen LogP contribution >= 0.6 is 11.6 Å². The zero-order chi connectivity index (χ0) is 25.3. The van der Waals surface area contributed by atoms with Gasteiger partial charge in [0.05, 0.1) is 22.8 Å². The Morgan fingerprint density at radius 2 is 1.94 bits per heavy atom. The number of hydrogen-bond donors (Lipinski definition) is 3. The molecule has 2 heterocycles. The molecule has 8 nitrogen and oxygen atoms in total. The normalized spacial score (nSPS) is 19.7. The fourth-order valence-electron chi connectivity index (χ4n) is 4.24. The summed E-state index contributed by atoms with van der Waals surface area (Å²) in [7, 11) is 0. The molecule has 1 saturated heterocycles. The number of fused-ring (bicyclic) bond motifs is 1. The molecular weight excluding hydrogens is 480 g/mol. The summed E-state index contributed by atoms with van der Waals surface area (Å²) in [4.78, 5) is 39.2. The van der Waals surface area contributed by atoms with Gasteiger partial charge < -0.3 is 21.3 Å². The highest BCUT2D eigenvalue weighted by Gasteiger charge is 2.48. The Balaban J connectivity index is 1.55. The summed E-state index contributed by atoms with van der Waals surface area (Å²) in [5.41, 5.74) is 4.71. The molecule has 4 N–H and O–H groups in total. The zero-order valence-corrected chi connectivity index (χ0v) is 19.6. The van der Waals surface area contributed by atoms with Crippen LogP contribution in [0.15, 0.2) is 48.7 Å². The molecule has 4 rings (SSSR count). The standard InChI is InChI=1S/C24H24ClF2N5O3/c1-14(33)31-11-18(16-6-2-3-8-19(16)31)30-23(35)32-13-24(27,12-28)9-20(32)22(34)29-10-15-5-4-7-17(25)21(15)26/h2-8,11,20H,9-10,12-13,28H2,1H3,(H,29,34)(H,30,35)/t20-,24-/m0/s1. The minimum atomic E-state index is -1.96. The summed E-state index contributed by atoms with van der Waals surface area (Å²) < 4.78 is 30.8. The first kappa shape index (κ1) is 24.6. The maximum Gasteiger partial charge on any atom is 0.322 e. The van der Waals surface area contributed by atoms with Gasteiger partial charge in [0, 0.05) is 43.6 Å². The molecule has 0 radical (unpaired) electrons. The number of nitrogens with one attached hydrogen (secondary N) is 2. The second kappa shape index (κ2) is 9.63. The van der Waals surface area contributed by atoms with Gasteiger partial charge in [-0.2, -0.15) is 0 Å². The van der Waals surface area contributed by atoms with Crippen molar-refractivity contribution in [3.63, 3.8) is 0 Å². The number of carbonyl (C=O) groups is 3. The van der Waals surface area contributed by atoms with Crippen LogP contribution in [0.4, 0.5) is 19.3 Å². The van der Waals surface area contributed by atoms with Crippen LogP contribution in [0, 0.1) is 5.82 Å². The Labute approximate surface area is 205 Å². The number of benzene rings is 2. The van der Waals surface area contributed by atoms with Gasteiger partial charge in [0.15, 0.2) is 0 Å². The van der Waals surface area contributed by atoms with Gasteiger partial charge in [-0.1, -0.05) is 41.9 Å². The van der Waals surface area contributed by atoms with Crippen LogP contribution in [0.1, 0.15) is 23.7 Å². The number of halogens is 3. The number of amides is 3. The molecule has 0 spiro atoms. The fraction of sp³-hybridized carbons (Fsp3) is 0.292. The second-order valence-corrected chi connectivity index (χ2v) is 8.92. The molecule has 1 aliphatic rings. The lowest BCUT2D eigenvalue weighted by molar-refractivity contribution is -0.124. The predicted molar refractivity (Wildman–Crippen MR) is 129 cm³/mol. The van der Waals surface area contributed by atoms with E-state index in [2.05, 4.69) is 10.6 Å². The summed E-state index contributed by atoms with van der Waals surface area (Å²) >= 11 is 5.78. The highest BCUT2D eigenvalue weighted by molar-refractivity contribution is 6.30. The maximum atomic E-state index is 15.2. The molecule has 11 heteroatoms. The molecule has 184 valence electrons. The molecule has 1 fully saturated rings. The van der Waals surface area contributed by atoms with E-state index in [4.69, 9.17) is 17.3 Å². The number of hydrogen-bond acceptors (Lipinski definition) is 4. The molecule has 0 unspecified atom stereocenters. The van der Waals surface area contributed by atoms with Crippen molar-refractivity contribution in [3.05, 3.63) is 65.1 Å². The number of nitrogens with two attached hydrogens (primary N) is 1. The fourth-order valence-corrected chi connectivity index (χ4v) is 4.44. The Bertz CT molecular complexity index is 1310. The Kier molecular flexibility index (Phi) is 6.77. The smallest absolute Gasteiger partial charge is 0.322 e. The lowest BCUT2D eigenvalue weighted by Crippen LogP contribution is -2.47. The van der Waals surface area contributed by atoms with E-state index < -0.39 is 36.0 Å². The van der Waals surface area contributed by atoms with Gasteiger partial charge in [0.25, 0.3) is 0 Å². The molecule has 35 heavy (non-hydrogen) atoms. The van der Waals surface area contributed by atoms with Crippen LogP contribution in [0.5, 0.6) is 0 Å². The average molecular weight is 504 g/mol. The SMILES string of the molecule is CC(=O)n1cc(NC(=O)N2C[C@@](F)(CN)C[C@H]2C(=O)NCc2cccc(Cl)c2F)c2ccccc21.